The van der Waals surface area contributed by atoms with Gasteiger partial charge < -0.3 is 4.90 Å². The van der Waals surface area contributed by atoms with Crippen molar-refractivity contribution in [3.63, 3.8) is 0 Å². The molecule has 1 aromatic carbocycles. The maximum atomic E-state index is 12.3. The Bertz CT molecular complexity index is 572. The molecular weight excluding hydrogens is 291 g/mol. The number of nitro groups is 1. The van der Waals surface area contributed by atoms with Gasteiger partial charge in [-0.1, -0.05) is 35.4 Å². The number of rotatable bonds is 2. The smallest absolute Gasteiger partial charge is 0.271 e. The standard InChI is InChI=1S/C12H10Cl2N2O3/c13-10-7-8(16(18)19)6-9(11(10)14)12(17)15-4-2-1-3-5-15/h1-2,6-7H,3-5H2. The first kappa shape index (κ1) is 13.8. The highest BCUT2D eigenvalue weighted by atomic mass is 35.5. The third kappa shape index (κ3) is 2.88. The van der Waals surface area contributed by atoms with E-state index in [2.05, 4.69) is 0 Å². The molecule has 0 saturated carbocycles. The molecule has 0 N–H and O–H groups in total. The monoisotopic (exact) mass is 300 g/mol. The molecule has 5 nitrogen and oxygen atoms in total. The molecule has 0 spiro atoms. The van der Waals surface area contributed by atoms with Crippen LogP contribution in [0.25, 0.3) is 0 Å². The first-order chi connectivity index (χ1) is 9.00. The van der Waals surface area contributed by atoms with Crippen molar-refractivity contribution < 1.29 is 9.72 Å². The first-order valence-corrected chi connectivity index (χ1v) is 6.34. The average molecular weight is 301 g/mol. The number of carbonyl (C=O) groups is 1. The van der Waals surface area contributed by atoms with Gasteiger partial charge in [0, 0.05) is 25.2 Å². The van der Waals surface area contributed by atoms with E-state index in [1.165, 1.54) is 0 Å². The fourth-order valence-electron chi connectivity index (χ4n) is 1.83. The normalized spacial score (nSPS) is 14.5. The van der Waals surface area contributed by atoms with Crippen LogP contribution in [-0.4, -0.2) is 28.8 Å². The summed E-state index contributed by atoms with van der Waals surface area (Å²) in [7, 11) is 0. The van der Waals surface area contributed by atoms with Crippen molar-refractivity contribution in [2.75, 3.05) is 13.1 Å². The lowest BCUT2D eigenvalue weighted by atomic mass is 10.1. The number of hydrogen-bond acceptors (Lipinski definition) is 3. The van der Waals surface area contributed by atoms with Gasteiger partial charge in [0.1, 0.15) is 0 Å². The van der Waals surface area contributed by atoms with Gasteiger partial charge in [-0.25, -0.2) is 0 Å². The van der Waals surface area contributed by atoms with E-state index in [1.54, 1.807) is 4.90 Å². The number of nitro benzene ring substituents is 1. The molecule has 0 saturated heterocycles. The van der Waals surface area contributed by atoms with Crippen molar-refractivity contribution in [1.82, 2.24) is 4.90 Å². The van der Waals surface area contributed by atoms with Crippen molar-refractivity contribution >= 4 is 34.8 Å². The van der Waals surface area contributed by atoms with Crippen LogP contribution in [0.3, 0.4) is 0 Å². The number of amides is 1. The average Bonchev–Trinajstić information content (AvgIpc) is 2.41. The lowest BCUT2D eigenvalue weighted by Crippen LogP contribution is -2.34. The van der Waals surface area contributed by atoms with Gasteiger partial charge in [0.15, 0.2) is 0 Å². The number of halogens is 2. The number of hydrogen-bond donors (Lipinski definition) is 0. The second-order valence-electron chi connectivity index (χ2n) is 4.06. The fraction of sp³-hybridized carbons (Fsp3) is 0.250. The Morgan fingerprint density at radius 3 is 2.63 bits per heavy atom. The second kappa shape index (κ2) is 5.59. The number of benzene rings is 1. The third-order valence-corrected chi connectivity index (χ3v) is 3.60. The van der Waals surface area contributed by atoms with E-state index < -0.39 is 4.92 Å². The van der Waals surface area contributed by atoms with Gasteiger partial charge in [-0.2, -0.15) is 0 Å². The SMILES string of the molecule is O=C(c1cc([N+](=O)[O-])cc(Cl)c1Cl)N1CC=CCC1. The van der Waals surface area contributed by atoms with Crippen LogP contribution in [0, 0.1) is 10.1 Å². The molecule has 0 radical (unpaired) electrons. The molecule has 100 valence electrons. The molecule has 1 aliphatic rings. The van der Waals surface area contributed by atoms with E-state index >= 15 is 0 Å². The van der Waals surface area contributed by atoms with Gasteiger partial charge in [0.25, 0.3) is 11.6 Å². The zero-order valence-corrected chi connectivity index (χ0v) is 11.3. The predicted octanol–water partition coefficient (Wildman–Crippen LogP) is 3.30. The summed E-state index contributed by atoms with van der Waals surface area (Å²) in [6.07, 6.45) is 4.60. The van der Waals surface area contributed by atoms with E-state index in [-0.39, 0.29) is 27.2 Å². The van der Waals surface area contributed by atoms with E-state index in [4.69, 9.17) is 23.2 Å². The van der Waals surface area contributed by atoms with Crippen LogP contribution in [0.2, 0.25) is 10.0 Å². The van der Waals surface area contributed by atoms with Crippen LogP contribution in [0.4, 0.5) is 5.69 Å². The van der Waals surface area contributed by atoms with Crippen molar-refractivity contribution in [2.45, 2.75) is 6.42 Å². The van der Waals surface area contributed by atoms with Crippen molar-refractivity contribution in [1.29, 1.82) is 0 Å². The molecule has 1 aromatic rings. The van der Waals surface area contributed by atoms with E-state index in [1.807, 2.05) is 12.2 Å². The van der Waals surface area contributed by atoms with Crippen LogP contribution in [0.5, 0.6) is 0 Å². The Morgan fingerprint density at radius 2 is 2.05 bits per heavy atom. The molecule has 7 heteroatoms. The third-order valence-electron chi connectivity index (χ3n) is 2.80. The van der Waals surface area contributed by atoms with Gasteiger partial charge in [-0.3, -0.25) is 14.9 Å². The van der Waals surface area contributed by atoms with Gasteiger partial charge in [0.05, 0.1) is 20.5 Å². The molecule has 0 aromatic heterocycles. The van der Waals surface area contributed by atoms with E-state index in [0.29, 0.717) is 13.1 Å². The highest BCUT2D eigenvalue weighted by Gasteiger charge is 2.23. The van der Waals surface area contributed by atoms with Crippen molar-refractivity contribution in [3.8, 4) is 0 Å². The Balaban J connectivity index is 2.40. The zero-order chi connectivity index (χ0) is 14.0. The first-order valence-electron chi connectivity index (χ1n) is 5.58. The maximum Gasteiger partial charge on any atom is 0.271 e. The molecule has 19 heavy (non-hydrogen) atoms. The minimum atomic E-state index is -0.602. The molecule has 0 unspecified atom stereocenters. The summed E-state index contributed by atoms with van der Waals surface area (Å²) in [6, 6.07) is 2.30. The van der Waals surface area contributed by atoms with Crippen LogP contribution < -0.4 is 0 Å². The minimum absolute atomic E-state index is 0.00627. The minimum Gasteiger partial charge on any atom is -0.335 e. The molecule has 0 atom stereocenters. The molecule has 0 aliphatic carbocycles. The summed E-state index contributed by atoms with van der Waals surface area (Å²) >= 11 is 11.8. The van der Waals surface area contributed by atoms with Crippen LogP contribution in [0.15, 0.2) is 24.3 Å². The van der Waals surface area contributed by atoms with Crippen LogP contribution in [-0.2, 0) is 0 Å². The fourth-order valence-corrected chi connectivity index (χ4v) is 2.24. The summed E-state index contributed by atoms with van der Waals surface area (Å²) in [5.41, 5.74) is -0.179. The summed E-state index contributed by atoms with van der Waals surface area (Å²) < 4.78 is 0. The Morgan fingerprint density at radius 1 is 1.32 bits per heavy atom. The molecule has 1 aliphatic heterocycles. The quantitative estimate of drug-likeness (QED) is 0.478. The van der Waals surface area contributed by atoms with Gasteiger partial charge >= 0.3 is 0 Å². The molecule has 1 amide bonds. The van der Waals surface area contributed by atoms with Crippen molar-refractivity contribution in [3.05, 3.63) is 50.0 Å². The van der Waals surface area contributed by atoms with Gasteiger partial charge in [0.2, 0.25) is 0 Å². The van der Waals surface area contributed by atoms with Gasteiger partial charge in [-0.05, 0) is 6.42 Å². The molecular formula is C12H10Cl2N2O3. The lowest BCUT2D eigenvalue weighted by Gasteiger charge is -2.23. The summed E-state index contributed by atoms with van der Waals surface area (Å²) in [5.74, 6) is -0.347. The molecule has 0 fully saturated rings. The molecule has 2 rings (SSSR count). The number of non-ortho nitro benzene ring substituents is 1. The van der Waals surface area contributed by atoms with E-state index in [9.17, 15) is 14.9 Å². The highest BCUT2D eigenvalue weighted by molar-refractivity contribution is 6.44. The topological polar surface area (TPSA) is 63.4 Å². The number of nitrogens with zero attached hydrogens (tertiary/aromatic N) is 2. The molecule has 0 bridgehead atoms. The lowest BCUT2D eigenvalue weighted by molar-refractivity contribution is -0.384. The van der Waals surface area contributed by atoms with Gasteiger partial charge in [-0.15, -0.1) is 0 Å². The second-order valence-corrected chi connectivity index (χ2v) is 4.84. The zero-order valence-electron chi connectivity index (χ0n) is 9.81. The van der Waals surface area contributed by atoms with Crippen LogP contribution in [0.1, 0.15) is 16.8 Å². The largest absolute Gasteiger partial charge is 0.335 e. The summed E-state index contributed by atoms with van der Waals surface area (Å²) in [5, 5.41) is 10.8. The summed E-state index contributed by atoms with van der Waals surface area (Å²) in [4.78, 5) is 24.0. The predicted molar refractivity (Wildman–Crippen MR) is 72.8 cm³/mol. The number of carbonyl (C=O) groups excluding carboxylic acids is 1. The Hall–Kier alpha value is -1.59. The van der Waals surface area contributed by atoms with Crippen LogP contribution >= 0.6 is 23.2 Å². The summed E-state index contributed by atoms with van der Waals surface area (Å²) in [6.45, 7) is 1.03. The molecule has 1 heterocycles. The Labute approximate surface area is 119 Å². The highest BCUT2D eigenvalue weighted by Crippen LogP contribution is 2.31. The Kier molecular flexibility index (Phi) is 4.07. The van der Waals surface area contributed by atoms with E-state index in [0.717, 1.165) is 18.6 Å². The van der Waals surface area contributed by atoms with Crippen molar-refractivity contribution in [2.24, 2.45) is 0 Å². The maximum absolute atomic E-state index is 12.3.